The maximum Gasteiger partial charge on any atom is 0.161 e. The zero-order valence-electron chi connectivity index (χ0n) is 27.9. The second kappa shape index (κ2) is 11.8. The van der Waals surface area contributed by atoms with Crippen molar-refractivity contribution in [2.45, 2.75) is 5.41 Å². The third kappa shape index (κ3) is 4.43. The Kier molecular flexibility index (Phi) is 6.75. The largest absolute Gasteiger partial charge is 0.228 e. The monoisotopic (exact) mass is 648 g/mol. The molecule has 0 unspecified atom stereocenters. The molecular weight excluding hydrogens is 617 g/mol. The highest BCUT2D eigenvalue weighted by Gasteiger charge is 2.48. The molecule has 2 heteroatoms. The molecule has 0 bridgehead atoms. The summed E-state index contributed by atoms with van der Waals surface area (Å²) < 4.78 is 0. The van der Waals surface area contributed by atoms with Gasteiger partial charge in [-0.1, -0.05) is 182 Å². The van der Waals surface area contributed by atoms with Gasteiger partial charge < -0.3 is 0 Å². The summed E-state index contributed by atoms with van der Waals surface area (Å²) in [6.07, 6.45) is 0. The van der Waals surface area contributed by atoms with Gasteiger partial charge in [0, 0.05) is 16.5 Å². The van der Waals surface area contributed by atoms with Crippen molar-refractivity contribution in [2.75, 3.05) is 0 Å². The summed E-state index contributed by atoms with van der Waals surface area (Å²) >= 11 is 0. The molecule has 2 nitrogen and oxygen atoms in total. The normalized spacial score (nSPS) is 12.9. The van der Waals surface area contributed by atoms with Crippen molar-refractivity contribution in [1.82, 2.24) is 9.97 Å². The van der Waals surface area contributed by atoms with E-state index in [1.807, 2.05) is 6.07 Å². The number of nitrogens with zero attached hydrogens (tertiary/aromatic N) is 2. The third-order valence-electron chi connectivity index (χ3n) is 10.5. The van der Waals surface area contributed by atoms with Gasteiger partial charge in [-0.05, 0) is 67.4 Å². The van der Waals surface area contributed by atoms with E-state index in [2.05, 4.69) is 188 Å². The van der Waals surface area contributed by atoms with Gasteiger partial charge in [-0.25, -0.2) is 9.97 Å². The van der Waals surface area contributed by atoms with E-state index in [0.717, 1.165) is 33.3 Å². The van der Waals surface area contributed by atoms with Gasteiger partial charge in [0.1, 0.15) is 0 Å². The molecule has 8 aromatic carbocycles. The molecular formula is C49H32N2. The number of benzene rings is 8. The summed E-state index contributed by atoms with van der Waals surface area (Å²) in [6, 6.07) is 69.8. The van der Waals surface area contributed by atoms with Crippen LogP contribution in [0.5, 0.6) is 0 Å². The first-order chi connectivity index (χ1) is 25.3. The lowest BCUT2D eigenvalue weighted by Gasteiger charge is -2.35. The Balaban J connectivity index is 1.33. The summed E-state index contributed by atoms with van der Waals surface area (Å²) in [7, 11) is 0. The fourth-order valence-electron chi connectivity index (χ4n) is 8.46. The SMILES string of the molecule is c1ccc(-c2nc(-c3ccccc3-c3cc4ccccc4c4c3-c3ccccc3C4(c3ccccc3)c3ccccc3)nc3ccccc23)cc1. The molecule has 0 N–H and O–H groups in total. The lowest BCUT2D eigenvalue weighted by atomic mass is 9.66. The Morgan fingerprint density at radius 2 is 0.941 bits per heavy atom. The van der Waals surface area contributed by atoms with Crippen LogP contribution in [-0.4, -0.2) is 9.97 Å². The highest BCUT2D eigenvalue weighted by atomic mass is 14.9. The maximum atomic E-state index is 5.34. The van der Waals surface area contributed by atoms with Gasteiger partial charge in [-0.15, -0.1) is 0 Å². The molecule has 0 fully saturated rings. The van der Waals surface area contributed by atoms with Crippen molar-refractivity contribution in [3.8, 4) is 44.9 Å². The van der Waals surface area contributed by atoms with E-state index in [9.17, 15) is 0 Å². The topological polar surface area (TPSA) is 25.8 Å². The average Bonchev–Trinajstić information content (AvgIpc) is 3.53. The van der Waals surface area contributed by atoms with Gasteiger partial charge in [0.05, 0.1) is 16.6 Å². The Bertz CT molecular complexity index is 2690. The lowest BCUT2D eigenvalue weighted by Crippen LogP contribution is -2.28. The van der Waals surface area contributed by atoms with E-state index in [1.165, 1.54) is 49.7 Å². The van der Waals surface area contributed by atoms with Gasteiger partial charge in [0.15, 0.2) is 5.82 Å². The fraction of sp³-hybridized carbons (Fsp3) is 0.0204. The minimum Gasteiger partial charge on any atom is -0.228 e. The second-order valence-corrected chi connectivity index (χ2v) is 13.2. The maximum absolute atomic E-state index is 5.34. The molecule has 238 valence electrons. The van der Waals surface area contributed by atoms with Crippen LogP contribution in [0.1, 0.15) is 22.3 Å². The molecule has 1 aromatic heterocycles. The summed E-state index contributed by atoms with van der Waals surface area (Å²) in [6.45, 7) is 0. The smallest absolute Gasteiger partial charge is 0.161 e. The molecule has 1 heterocycles. The van der Waals surface area contributed by atoms with Crippen LogP contribution in [0.2, 0.25) is 0 Å². The number of rotatable bonds is 5. The van der Waals surface area contributed by atoms with Crippen LogP contribution in [0.3, 0.4) is 0 Å². The molecule has 10 rings (SSSR count). The second-order valence-electron chi connectivity index (χ2n) is 13.2. The van der Waals surface area contributed by atoms with Crippen molar-refractivity contribution < 1.29 is 0 Å². The van der Waals surface area contributed by atoms with Crippen LogP contribution < -0.4 is 0 Å². The van der Waals surface area contributed by atoms with Crippen LogP contribution in [-0.2, 0) is 5.41 Å². The van der Waals surface area contributed by atoms with Crippen LogP contribution in [0, 0.1) is 0 Å². The van der Waals surface area contributed by atoms with Crippen molar-refractivity contribution in [3.05, 3.63) is 216 Å². The molecule has 0 saturated carbocycles. The van der Waals surface area contributed by atoms with E-state index < -0.39 is 5.41 Å². The first-order valence-corrected chi connectivity index (χ1v) is 17.5. The predicted octanol–water partition coefficient (Wildman–Crippen LogP) is 12.1. The number of aromatic nitrogens is 2. The number of fused-ring (bicyclic) bond motifs is 6. The first-order valence-electron chi connectivity index (χ1n) is 17.5. The fourth-order valence-corrected chi connectivity index (χ4v) is 8.46. The summed E-state index contributed by atoms with van der Waals surface area (Å²) in [5.74, 6) is 0.716. The van der Waals surface area contributed by atoms with Crippen LogP contribution in [0.25, 0.3) is 66.6 Å². The standard InChI is InChI=1S/C49H32N2/c1-4-18-33(19-5-1)47-41-29-15-17-31-44(41)50-48(51-47)39-27-13-12-26-38(39)42-32-34-20-10-11-25-37(34)46-45(42)40-28-14-16-30-43(40)49(46,35-21-6-2-7-22-35)36-23-8-3-9-24-36/h1-32H. The van der Waals surface area contributed by atoms with Crippen molar-refractivity contribution >= 4 is 21.7 Å². The van der Waals surface area contributed by atoms with Crippen molar-refractivity contribution in [2.24, 2.45) is 0 Å². The van der Waals surface area contributed by atoms with Gasteiger partial charge in [-0.3, -0.25) is 0 Å². The average molecular weight is 649 g/mol. The summed E-state index contributed by atoms with van der Waals surface area (Å²) in [4.78, 5) is 10.6. The van der Waals surface area contributed by atoms with Crippen LogP contribution in [0.4, 0.5) is 0 Å². The Morgan fingerprint density at radius 1 is 0.392 bits per heavy atom. The molecule has 0 amide bonds. The van der Waals surface area contributed by atoms with E-state index in [-0.39, 0.29) is 0 Å². The highest BCUT2D eigenvalue weighted by Crippen LogP contribution is 2.60. The number of hydrogen-bond acceptors (Lipinski definition) is 2. The molecule has 9 aromatic rings. The number of para-hydroxylation sites is 1. The van der Waals surface area contributed by atoms with Crippen LogP contribution in [0.15, 0.2) is 194 Å². The Labute approximate surface area is 297 Å². The van der Waals surface area contributed by atoms with Gasteiger partial charge in [0.2, 0.25) is 0 Å². The zero-order valence-corrected chi connectivity index (χ0v) is 27.9. The molecule has 0 saturated heterocycles. The Hall–Kier alpha value is -6.64. The molecule has 51 heavy (non-hydrogen) atoms. The summed E-state index contributed by atoms with van der Waals surface area (Å²) in [5.41, 5.74) is 13.3. The quantitative estimate of drug-likeness (QED) is 0.186. The van der Waals surface area contributed by atoms with Crippen molar-refractivity contribution in [3.63, 3.8) is 0 Å². The van der Waals surface area contributed by atoms with Gasteiger partial charge >= 0.3 is 0 Å². The summed E-state index contributed by atoms with van der Waals surface area (Å²) in [5, 5.41) is 3.50. The lowest BCUT2D eigenvalue weighted by molar-refractivity contribution is 0.775. The minimum absolute atomic E-state index is 0.529. The molecule has 0 radical (unpaired) electrons. The van der Waals surface area contributed by atoms with E-state index >= 15 is 0 Å². The first kappa shape index (κ1) is 29.3. The highest BCUT2D eigenvalue weighted by molar-refractivity contribution is 6.08. The van der Waals surface area contributed by atoms with Crippen LogP contribution >= 0.6 is 0 Å². The molecule has 1 aliphatic carbocycles. The number of hydrogen-bond donors (Lipinski definition) is 0. The third-order valence-corrected chi connectivity index (χ3v) is 10.5. The van der Waals surface area contributed by atoms with E-state index in [4.69, 9.17) is 9.97 Å². The predicted molar refractivity (Wildman–Crippen MR) is 211 cm³/mol. The molecule has 0 aliphatic heterocycles. The molecule has 1 aliphatic rings. The van der Waals surface area contributed by atoms with Gasteiger partial charge in [0.25, 0.3) is 0 Å². The minimum atomic E-state index is -0.529. The molecule has 0 spiro atoms. The van der Waals surface area contributed by atoms with E-state index in [0.29, 0.717) is 5.82 Å². The van der Waals surface area contributed by atoms with Gasteiger partial charge in [-0.2, -0.15) is 0 Å². The Morgan fingerprint density at radius 3 is 1.67 bits per heavy atom. The van der Waals surface area contributed by atoms with Crippen molar-refractivity contribution in [1.29, 1.82) is 0 Å². The zero-order chi connectivity index (χ0) is 33.8. The molecule has 0 atom stereocenters. The van der Waals surface area contributed by atoms with E-state index in [1.54, 1.807) is 0 Å².